The number of amides is 1. The molecule has 1 aliphatic heterocycles. The Morgan fingerprint density at radius 2 is 2.31 bits per heavy atom. The predicted molar refractivity (Wildman–Crippen MR) is 67.0 cm³/mol. The quantitative estimate of drug-likeness (QED) is 0.602. The fourth-order valence-corrected chi connectivity index (χ4v) is 2.41. The third-order valence-electron chi connectivity index (χ3n) is 2.88. The maximum atomic E-state index is 11.7. The number of hydrogen-bond donors (Lipinski definition) is 1. The number of carbonyl (C=O) groups excluding carboxylic acids is 1. The zero-order valence-electron chi connectivity index (χ0n) is 9.29. The second kappa shape index (κ2) is 4.34. The summed E-state index contributed by atoms with van der Waals surface area (Å²) in [5.41, 5.74) is 9.82. The van der Waals surface area contributed by atoms with Gasteiger partial charge >= 0.3 is 0 Å². The Balaban J connectivity index is 2.49. The van der Waals surface area contributed by atoms with Crippen LogP contribution < -0.4 is 10.6 Å². The number of alkyl halides is 1. The van der Waals surface area contributed by atoms with E-state index in [-0.39, 0.29) is 11.8 Å². The van der Waals surface area contributed by atoms with Crippen molar-refractivity contribution in [3.8, 4) is 0 Å². The number of carbonyl (C=O) groups is 1. The van der Waals surface area contributed by atoms with Crippen molar-refractivity contribution in [3.05, 3.63) is 23.3 Å². The molecule has 1 heterocycles. The van der Waals surface area contributed by atoms with Gasteiger partial charge in [0.05, 0.1) is 11.4 Å². The molecule has 0 radical (unpaired) electrons. The molecule has 0 aromatic heterocycles. The van der Waals surface area contributed by atoms with Crippen LogP contribution in [0.15, 0.2) is 12.1 Å². The maximum Gasteiger partial charge on any atom is 0.241 e. The van der Waals surface area contributed by atoms with E-state index in [1.165, 1.54) is 0 Å². The molecule has 0 saturated heterocycles. The third-order valence-corrected chi connectivity index (χ3v) is 3.10. The van der Waals surface area contributed by atoms with Crippen molar-refractivity contribution < 1.29 is 4.79 Å². The van der Waals surface area contributed by atoms with Crippen LogP contribution in [0.5, 0.6) is 0 Å². The molecule has 1 amide bonds. The minimum atomic E-state index is -0.0711. The Hall–Kier alpha value is -1.22. The highest BCUT2D eigenvalue weighted by Gasteiger charge is 2.24. The molecule has 0 fully saturated rings. The maximum absolute atomic E-state index is 11.7. The average molecular weight is 239 g/mol. The Kier molecular flexibility index (Phi) is 3.06. The average Bonchev–Trinajstić information content (AvgIpc) is 2.26. The van der Waals surface area contributed by atoms with Crippen molar-refractivity contribution >= 4 is 28.9 Å². The number of benzene rings is 1. The van der Waals surface area contributed by atoms with Gasteiger partial charge in [0.2, 0.25) is 5.91 Å². The lowest BCUT2D eigenvalue weighted by Gasteiger charge is -2.30. The number of hydrogen-bond acceptors (Lipinski definition) is 2. The van der Waals surface area contributed by atoms with Crippen molar-refractivity contribution in [3.63, 3.8) is 0 Å². The van der Waals surface area contributed by atoms with E-state index >= 15 is 0 Å². The van der Waals surface area contributed by atoms with Gasteiger partial charge in [0.25, 0.3) is 0 Å². The van der Waals surface area contributed by atoms with Crippen molar-refractivity contribution in [2.24, 2.45) is 0 Å². The molecule has 1 aliphatic rings. The first kappa shape index (κ1) is 11.3. The number of aryl methyl sites for hydroxylation is 2. The van der Waals surface area contributed by atoms with Crippen LogP contribution in [0.2, 0.25) is 0 Å². The first-order valence-electron chi connectivity index (χ1n) is 5.39. The predicted octanol–water partition coefficient (Wildman–Crippen LogP) is 2.10. The highest BCUT2D eigenvalue weighted by Crippen LogP contribution is 2.34. The fraction of sp³-hybridized carbons (Fsp3) is 0.417. The van der Waals surface area contributed by atoms with Gasteiger partial charge in [-0.3, -0.25) is 4.79 Å². The highest BCUT2D eigenvalue weighted by molar-refractivity contribution is 6.29. The lowest BCUT2D eigenvalue weighted by Crippen LogP contribution is -2.37. The normalized spacial score (nSPS) is 14.8. The second-order valence-corrected chi connectivity index (χ2v) is 4.41. The standard InChI is InChI=1S/C12H15ClN2O/c1-8-5-9-3-2-4-15(11(16)7-13)12(9)10(14)6-8/h5-6H,2-4,7,14H2,1H3. The minimum absolute atomic E-state index is 0.00670. The molecule has 2 N–H and O–H groups in total. The molecule has 16 heavy (non-hydrogen) atoms. The molecule has 0 bridgehead atoms. The van der Waals surface area contributed by atoms with E-state index in [0.717, 1.165) is 29.7 Å². The zero-order chi connectivity index (χ0) is 11.7. The first-order chi connectivity index (χ1) is 7.63. The van der Waals surface area contributed by atoms with Gasteiger partial charge in [-0.1, -0.05) is 6.07 Å². The van der Waals surface area contributed by atoms with E-state index in [1.807, 2.05) is 13.0 Å². The molecule has 86 valence electrons. The van der Waals surface area contributed by atoms with Crippen LogP contribution in [0.4, 0.5) is 11.4 Å². The van der Waals surface area contributed by atoms with Gasteiger partial charge in [-0.15, -0.1) is 11.6 Å². The smallest absolute Gasteiger partial charge is 0.241 e. The van der Waals surface area contributed by atoms with Gasteiger partial charge in [0, 0.05) is 6.54 Å². The van der Waals surface area contributed by atoms with Gasteiger partial charge in [-0.2, -0.15) is 0 Å². The van der Waals surface area contributed by atoms with E-state index in [2.05, 4.69) is 6.07 Å². The van der Waals surface area contributed by atoms with E-state index in [1.54, 1.807) is 4.90 Å². The van der Waals surface area contributed by atoms with Gasteiger partial charge in [0.1, 0.15) is 5.88 Å². The number of rotatable bonds is 1. The van der Waals surface area contributed by atoms with Crippen molar-refractivity contribution in [2.75, 3.05) is 23.1 Å². The summed E-state index contributed by atoms with van der Waals surface area (Å²) in [5.74, 6) is -0.0644. The summed E-state index contributed by atoms with van der Waals surface area (Å²) in [7, 11) is 0. The van der Waals surface area contributed by atoms with Crippen LogP contribution >= 0.6 is 11.6 Å². The summed E-state index contributed by atoms with van der Waals surface area (Å²) >= 11 is 5.60. The molecule has 0 aliphatic carbocycles. The minimum Gasteiger partial charge on any atom is -0.397 e. The SMILES string of the molecule is Cc1cc(N)c2c(c1)CCCN2C(=O)CCl. The van der Waals surface area contributed by atoms with Gasteiger partial charge < -0.3 is 10.6 Å². The molecule has 2 rings (SSSR count). The van der Waals surface area contributed by atoms with Crippen LogP contribution in [-0.4, -0.2) is 18.3 Å². The summed E-state index contributed by atoms with van der Waals surface area (Å²) in [6.45, 7) is 2.73. The molecular formula is C12H15ClN2O. The molecule has 0 atom stereocenters. The molecule has 0 unspecified atom stereocenters. The summed E-state index contributed by atoms with van der Waals surface area (Å²) in [6.07, 6.45) is 1.95. The molecule has 0 spiro atoms. The van der Waals surface area contributed by atoms with Crippen LogP contribution in [0.25, 0.3) is 0 Å². The Labute approximate surface area is 100 Å². The molecule has 4 heteroatoms. The Morgan fingerprint density at radius 1 is 1.56 bits per heavy atom. The number of nitrogen functional groups attached to an aromatic ring is 1. The van der Waals surface area contributed by atoms with E-state index in [0.29, 0.717) is 12.2 Å². The van der Waals surface area contributed by atoms with Gasteiger partial charge in [-0.05, 0) is 37.0 Å². The molecule has 3 nitrogen and oxygen atoms in total. The van der Waals surface area contributed by atoms with Crippen molar-refractivity contribution in [1.82, 2.24) is 0 Å². The van der Waals surface area contributed by atoms with Crippen molar-refractivity contribution in [2.45, 2.75) is 19.8 Å². The summed E-state index contributed by atoms with van der Waals surface area (Å²) in [4.78, 5) is 13.4. The largest absolute Gasteiger partial charge is 0.397 e. The molecule has 1 aromatic rings. The lowest BCUT2D eigenvalue weighted by atomic mass is 9.98. The van der Waals surface area contributed by atoms with Crippen LogP contribution in [-0.2, 0) is 11.2 Å². The Bertz CT molecular complexity index is 431. The van der Waals surface area contributed by atoms with Gasteiger partial charge in [-0.25, -0.2) is 0 Å². The third kappa shape index (κ3) is 1.87. The van der Waals surface area contributed by atoms with Gasteiger partial charge in [0.15, 0.2) is 0 Å². The second-order valence-electron chi connectivity index (χ2n) is 4.14. The number of halogens is 1. The molecular weight excluding hydrogens is 224 g/mol. The summed E-state index contributed by atoms with van der Waals surface area (Å²) < 4.78 is 0. The summed E-state index contributed by atoms with van der Waals surface area (Å²) in [6, 6.07) is 4.00. The number of nitrogens with two attached hydrogens (primary N) is 1. The lowest BCUT2D eigenvalue weighted by molar-refractivity contribution is -0.116. The highest BCUT2D eigenvalue weighted by atomic mass is 35.5. The topological polar surface area (TPSA) is 46.3 Å². The first-order valence-corrected chi connectivity index (χ1v) is 5.92. The Morgan fingerprint density at radius 3 is 3.00 bits per heavy atom. The van der Waals surface area contributed by atoms with Crippen LogP contribution in [0.3, 0.4) is 0 Å². The van der Waals surface area contributed by atoms with E-state index in [9.17, 15) is 4.79 Å². The van der Waals surface area contributed by atoms with E-state index < -0.39 is 0 Å². The molecule has 1 aromatic carbocycles. The number of anilines is 2. The fourth-order valence-electron chi connectivity index (χ4n) is 2.26. The van der Waals surface area contributed by atoms with Crippen LogP contribution in [0, 0.1) is 6.92 Å². The molecule has 0 saturated carbocycles. The van der Waals surface area contributed by atoms with Crippen molar-refractivity contribution in [1.29, 1.82) is 0 Å². The monoisotopic (exact) mass is 238 g/mol. The van der Waals surface area contributed by atoms with Crippen LogP contribution in [0.1, 0.15) is 17.5 Å². The number of nitrogens with zero attached hydrogens (tertiary/aromatic N) is 1. The zero-order valence-corrected chi connectivity index (χ0v) is 10.0. The number of fused-ring (bicyclic) bond motifs is 1. The van der Waals surface area contributed by atoms with E-state index in [4.69, 9.17) is 17.3 Å². The summed E-state index contributed by atoms with van der Waals surface area (Å²) in [5, 5.41) is 0.